The SMILES string of the molecule is Cn1cc(C(=O)C[C@@H]2CCCN2c2ccc(Cl)c(C#N)n2)cn1. The first-order chi connectivity index (χ1) is 11.1. The molecule has 0 radical (unpaired) electrons. The molecule has 1 atom stereocenters. The zero-order valence-electron chi connectivity index (χ0n) is 12.7. The smallest absolute Gasteiger partial charge is 0.168 e. The van der Waals surface area contributed by atoms with Crippen LogP contribution in [0.1, 0.15) is 35.3 Å². The molecule has 1 aliphatic heterocycles. The molecule has 2 aromatic heterocycles. The number of anilines is 1. The number of aryl methyl sites for hydroxylation is 1. The normalized spacial score (nSPS) is 17.3. The minimum atomic E-state index is 0.0736. The van der Waals surface area contributed by atoms with Crippen molar-refractivity contribution in [3.05, 3.63) is 40.8 Å². The molecule has 0 unspecified atom stereocenters. The summed E-state index contributed by atoms with van der Waals surface area (Å²) in [5.74, 6) is 0.775. The van der Waals surface area contributed by atoms with E-state index >= 15 is 0 Å². The first-order valence-corrected chi connectivity index (χ1v) is 7.81. The van der Waals surface area contributed by atoms with Gasteiger partial charge in [-0.05, 0) is 25.0 Å². The highest BCUT2D eigenvalue weighted by molar-refractivity contribution is 6.31. The Labute approximate surface area is 139 Å². The van der Waals surface area contributed by atoms with Crippen LogP contribution in [0.4, 0.5) is 5.82 Å². The van der Waals surface area contributed by atoms with Crippen LogP contribution in [0.25, 0.3) is 0 Å². The third kappa shape index (κ3) is 3.20. The van der Waals surface area contributed by atoms with Gasteiger partial charge in [-0.15, -0.1) is 0 Å². The second-order valence-corrected chi connectivity index (χ2v) is 6.04. The van der Waals surface area contributed by atoms with Crippen LogP contribution in [0.2, 0.25) is 5.02 Å². The highest BCUT2D eigenvalue weighted by Gasteiger charge is 2.28. The minimum Gasteiger partial charge on any atom is -0.353 e. The van der Waals surface area contributed by atoms with Gasteiger partial charge in [-0.25, -0.2) is 4.98 Å². The van der Waals surface area contributed by atoms with Gasteiger partial charge < -0.3 is 4.90 Å². The minimum absolute atomic E-state index is 0.0736. The van der Waals surface area contributed by atoms with Crippen LogP contribution in [0.3, 0.4) is 0 Å². The fourth-order valence-corrected chi connectivity index (χ4v) is 3.06. The quantitative estimate of drug-likeness (QED) is 0.806. The molecule has 1 aliphatic rings. The van der Waals surface area contributed by atoms with Gasteiger partial charge >= 0.3 is 0 Å². The number of rotatable bonds is 4. The number of halogens is 1. The molecule has 3 heterocycles. The number of ketones is 1. The third-order valence-electron chi connectivity index (χ3n) is 4.06. The summed E-state index contributed by atoms with van der Waals surface area (Å²) in [6, 6.07) is 5.56. The van der Waals surface area contributed by atoms with Crippen LogP contribution in [-0.2, 0) is 7.05 Å². The van der Waals surface area contributed by atoms with Crippen molar-refractivity contribution in [1.82, 2.24) is 14.8 Å². The molecule has 1 saturated heterocycles. The Kier molecular flexibility index (Phi) is 4.30. The highest BCUT2D eigenvalue weighted by atomic mass is 35.5. The molecular formula is C16H16ClN5O. The number of pyridine rings is 1. The zero-order valence-corrected chi connectivity index (χ0v) is 13.5. The van der Waals surface area contributed by atoms with Crippen molar-refractivity contribution in [2.75, 3.05) is 11.4 Å². The van der Waals surface area contributed by atoms with Gasteiger partial charge in [-0.2, -0.15) is 10.4 Å². The van der Waals surface area contributed by atoms with E-state index in [0.29, 0.717) is 22.8 Å². The maximum atomic E-state index is 12.4. The summed E-state index contributed by atoms with van der Waals surface area (Å²) >= 11 is 5.94. The van der Waals surface area contributed by atoms with Crippen molar-refractivity contribution in [3.63, 3.8) is 0 Å². The number of aromatic nitrogens is 3. The zero-order chi connectivity index (χ0) is 16.4. The van der Waals surface area contributed by atoms with Crippen molar-refractivity contribution < 1.29 is 4.79 Å². The third-order valence-corrected chi connectivity index (χ3v) is 4.36. The van der Waals surface area contributed by atoms with Crippen LogP contribution in [-0.4, -0.2) is 33.1 Å². The van der Waals surface area contributed by atoms with Gasteiger partial charge in [0, 0.05) is 32.3 Å². The Balaban J connectivity index is 1.78. The van der Waals surface area contributed by atoms with Crippen molar-refractivity contribution in [3.8, 4) is 6.07 Å². The number of hydrogen-bond acceptors (Lipinski definition) is 5. The Morgan fingerprint density at radius 1 is 1.52 bits per heavy atom. The molecule has 0 bridgehead atoms. The lowest BCUT2D eigenvalue weighted by atomic mass is 10.0. The molecule has 1 fully saturated rings. The lowest BCUT2D eigenvalue weighted by Gasteiger charge is -2.25. The number of carbonyl (C=O) groups is 1. The van der Waals surface area contributed by atoms with E-state index in [1.807, 2.05) is 6.07 Å². The summed E-state index contributed by atoms with van der Waals surface area (Å²) in [5.41, 5.74) is 0.842. The number of nitriles is 1. The first kappa shape index (κ1) is 15.5. The number of hydrogen-bond donors (Lipinski definition) is 0. The van der Waals surface area contributed by atoms with Crippen molar-refractivity contribution in [2.24, 2.45) is 7.05 Å². The Morgan fingerprint density at radius 2 is 2.35 bits per heavy atom. The maximum absolute atomic E-state index is 12.4. The second kappa shape index (κ2) is 6.39. The van der Waals surface area contributed by atoms with Gasteiger partial charge in [-0.3, -0.25) is 9.48 Å². The number of nitrogens with zero attached hydrogens (tertiary/aromatic N) is 5. The molecule has 23 heavy (non-hydrogen) atoms. The highest BCUT2D eigenvalue weighted by Crippen LogP contribution is 2.28. The average molecular weight is 330 g/mol. The molecule has 7 heteroatoms. The van der Waals surface area contributed by atoms with Gasteiger partial charge in [0.2, 0.25) is 0 Å². The molecule has 0 saturated carbocycles. The monoisotopic (exact) mass is 329 g/mol. The lowest BCUT2D eigenvalue weighted by Crippen LogP contribution is -2.32. The molecule has 0 aliphatic carbocycles. The van der Waals surface area contributed by atoms with E-state index in [1.165, 1.54) is 0 Å². The molecule has 0 amide bonds. The van der Waals surface area contributed by atoms with Gasteiger partial charge in [0.05, 0.1) is 16.8 Å². The Hall–Kier alpha value is -2.39. The van der Waals surface area contributed by atoms with Crippen molar-refractivity contribution in [2.45, 2.75) is 25.3 Å². The molecule has 0 aromatic carbocycles. The Morgan fingerprint density at radius 3 is 3.04 bits per heavy atom. The molecule has 3 rings (SSSR count). The molecular weight excluding hydrogens is 314 g/mol. The molecule has 6 nitrogen and oxygen atoms in total. The van der Waals surface area contributed by atoms with Gasteiger partial charge in [0.25, 0.3) is 0 Å². The summed E-state index contributed by atoms with van der Waals surface area (Å²) in [7, 11) is 1.79. The summed E-state index contributed by atoms with van der Waals surface area (Å²) in [4.78, 5) is 18.8. The van der Waals surface area contributed by atoms with Crippen LogP contribution in [0.15, 0.2) is 24.5 Å². The first-order valence-electron chi connectivity index (χ1n) is 7.43. The average Bonchev–Trinajstić information content (AvgIpc) is 3.17. The van der Waals surface area contributed by atoms with Crippen LogP contribution in [0, 0.1) is 11.3 Å². The maximum Gasteiger partial charge on any atom is 0.168 e. The lowest BCUT2D eigenvalue weighted by molar-refractivity contribution is 0.0974. The van der Waals surface area contributed by atoms with E-state index in [1.54, 1.807) is 36.3 Å². The van der Waals surface area contributed by atoms with Gasteiger partial charge in [0.15, 0.2) is 11.5 Å². The van der Waals surface area contributed by atoms with E-state index in [4.69, 9.17) is 16.9 Å². The van der Waals surface area contributed by atoms with Crippen LogP contribution < -0.4 is 4.90 Å². The van der Waals surface area contributed by atoms with E-state index in [9.17, 15) is 4.79 Å². The Bertz CT molecular complexity index is 779. The summed E-state index contributed by atoms with van der Waals surface area (Å²) < 4.78 is 1.62. The van der Waals surface area contributed by atoms with Gasteiger partial charge in [-0.1, -0.05) is 11.6 Å². The molecule has 0 spiro atoms. The molecule has 118 valence electrons. The summed E-state index contributed by atoms with van der Waals surface area (Å²) in [5, 5.41) is 13.5. The van der Waals surface area contributed by atoms with Crippen LogP contribution >= 0.6 is 11.6 Å². The summed E-state index contributed by atoms with van der Waals surface area (Å²) in [6.45, 7) is 0.824. The predicted octanol–water partition coefficient (Wildman–Crippen LogP) is 2.58. The van der Waals surface area contributed by atoms with E-state index in [-0.39, 0.29) is 17.5 Å². The topological polar surface area (TPSA) is 74.8 Å². The van der Waals surface area contributed by atoms with E-state index < -0.39 is 0 Å². The van der Waals surface area contributed by atoms with E-state index in [2.05, 4.69) is 15.0 Å². The predicted molar refractivity (Wildman–Crippen MR) is 86.5 cm³/mol. The fourth-order valence-electron chi connectivity index (χ4n) is 2.92. The van der Waals surface area contributed by atoms with Crippen molar-refractivity contribution >= 4 is 23.2 Å². The van der Waals surface area contributed by atoms with E-state index in [0.717, 1.165) is 19.4 Å². The van der Waals surface area contributed by atoms with Crippen LogP contribution in [0.5, 0.6) is 0 Å². The number of Topliss-reactive ketones (excluding diaryl/α,β-unsaturated/α-hetero) is 1. The largest absolute Gasteiger partial charge is 0.353 e. The fraction of sp³-hybridized carbons (Fsp3) is 0.375. The number of carbonyl (C=O) groups excluding carboxylic acids is 1. The molecule has 2 aromatic rings. The second-order valence-electron chi connectivity index (χ2n) is 5.63. The van der Waals surface area contributed by atoms with Gasteiger partial charge in [0.1, 0.15) is 11.9 Å². The van der Waals surface area contributed by atoms with Crippen molar-refractivity contribution in [1.29, 1.82) is 5.26 Å². The molecule has 0 N–H and O–H groups in total. The summed E-state index contributed by atoms with van der Waals surface area (Å²) in [6.07, 6.45) is 5.67. The standard InChI is InChI=1S/C16H16ClN5O/c1-21-10-11(9-19-21)15(23)7-12-3-2-6-22(12)16-5-4-13(17)14(8-18)20-16/h4-5,9-10,12H,2-3,6-7H2,1H3/t12-/m0/s1.